The van der Waals surface area contributed by atoms with Crippen LogP contribution in [0.4, 0.5) is 0 Å². The average Bonchev–Trinajstić information content (AvgIpc) is 1.98. The van der Waals surface area contributed by atoms with E-state index in [2.05, 4.69) is 6.92 Å². The minimum absolute atomic E-state index is 0.124. The zero-order chi connectivity index (χ0) is 9.97. The number of nitrogens with two attached hydrogens (primary N) is 1. The van der Waals surface area contributed by atoms with Crippen LogP contribution in [0, 0.1) is 28.1 Å². The van der Waals surface area contributed by atoms with Gasteiger partial charge in [-0.05, 0) is 55.8 Å². The molecule has 0 saturated heterocycles. The second-order valence-corrected chi connectivity index (χ2v) is 6.47. The Morgan fingerprint density at radius 1 is 1.21 bits per heavy atom. The van der Waals surface area contributed by atoms with Crippen molar-refractivity contribution in [3.8, 4) is 0 Å². The maximum atomic E-state index is 7.84. The van der Waals surface area contributed by atoms with Crippen LogP contribution >= 0.6 is 0 Å². The van der Waals surface area contributed by atoms with Crippen LogP contribution in [0.15, 0.2) is 0 Å². The fraction of sp³-hybridized carbons (Fsp3) is 0.917. The third-order valence-corrected chi connectivity index (χ3v) is 4.92. The van der Waals surface area contributed by atoms with E-state index in [-0.39, 0.29) is 5.41 Å². The maximum Gasteiger partial charge on any atom is 0.0969 e. The Kier molecular flexibility index (Phi) is 1.46. The van der Waals surface area contributed by atoms with E-state index >= 15 is 0 Å². The molecule has 0 spiro atoms. The van der Waals surface area contributed by atoms with Gasteiger partial charge in [0.15, 0.2) is 0 Å². The molecule has 4 bridgehead atoms. The standard InChI is InChI=1S/C12H20N2/c1-11-3-8-2-9(4-11)6-12(5-8,7-11)10(13)14/h8-9H,2-7H2,1H3,(H3,13,14). The van der Waals surface area contributed by atoms with Crippen LogP contribution < -0.4 is 5.73 Å². The topological polar surface area (TPSA) is 49.9 Å². The van der Waals surface area contributed by atoms with Crippen molar-refractivity contribution in [3.63, 3.8) is 0 Å². The summed E-state index contributed by atoms with van der Waals surface area (Å²) >= 11 is 0. The summed E-state index contributed by atoms with van der Waals surface area (Å²) in [5.41, 5.74) is 6.48. The van der Waals surface area contributed by atoms with E-state index in [0.717, 1.165) is 11.8 Å². The summed E-state index contributed by atoms with van der Waals surface area (Å²) < 4.78 is 0. The van der Waals surface area contributed by atoms with Gasteiger partial charge in [0.25, 0.3) is 0 Å². The molecule has 2 unspecified atom stereocenters. The quantitative estimate of drug-likeness (QED) is 0.487. The van der Waals surface area contributed by atoms with E-state index in [4.69, 9.17) is 11.1 Å². The van der Waals surface area contributed by atoms with E-state index in [0.29, 0.717) is 11.3 Å². The zero-order valence-corrected chi connectivity index (χ0v) is 8.97. The molecular weight excluding hydrogens is 172 g/mol. The molecule has 2 heteroatoms. The largest absolute Gasteiger partial charge is 0.387 e. The molecule has 78 valence electrons. The van der Waals surface area contributed by atoms with Crippen molar-refractivity contribution in [3.05, 3.63) is 0 Å². The summed E-state index contributed by atoms with van der Waals surface area (Å²) in [6.45, 7) is 2.42. The van der Waals surface area contributed by atoms with Crippen LogP contribution in [-0.2, 0) is 0 Å². The van der Waals surface area contributed by atoms with Crippen molar-refractivity contribution >= 4 is 5.84 Å². The summed E-state index contributed by atoms with van der Waals surface area (Å²) in [5, 5.41) is 7.84. The van der Waals surface area contributed by atoms with Gasteiger partial charge in [-0.1, -0.05) is 6.92 Å². The van der Waals surface area contributed by atoms with E-state index in [1.165, 1.54) is 38.5 Å². The molecule has 0 heterocycles. The molecule has 0 aromatic rings. The number of amidine groups is 1. The highest BCUT2D eigenvalue weighted by Crippen LogP contribution is 2.64. The predicted octanol–water partition coefficient (Wildman–Crippen LogP) is 2.53. The van der Waals surface area contributed by atoms with E-state index in [1.807, 2.05) is 0 Å². The van der Waals surface area contributed by atoms with Gasteiger partial charge in [0.2, 0.25) is 0 Å². The van der Waals surface area contributed by atoms with Crippen LogP contribution in [0.1, 0.15) is 45.4 Å². The van der Waals surface area contributed by atoms with Gasteiger partial charge in [0, 0.05) is 5.41 Å². The van der Waals surface area contributed by atoms with Gasteiger partial charge in [0.1, 0.15) is 0 Å². The van der Waals surface area contributed by atoms with Crippen molar-refractivity contribution in [1.82, 2.24) is 0 Å². The lowest BCUT2D eigenvalue weighted by molar-refractivity contribution is -0.0688. The predicted molar refractivity (Wildman–Crippen MR) is 57.1 cm³/mol. The Hall–Kier alpha value is -0.530. The van der Waals surface area contributed by atoms with Gasteiger partial charge < -0.3 is 5.73 Å². The fourth-order valence-corrected chi connectivity index (χ4v) is 5.04. The smallest absolute Gasteiger partial charge is 0.0969 e. The lowest BCUT2D eigenvalue weighted by atomic mass is 9.44. The molecule has 0 aliphatic heterocycles. The Morgan fingerprint density at radius 3 is 2.21 bits per heavy atom. The van der Waals surface area contributed by atoms with E-state index in [9.17, 15) is 0 Å². The monoisotopic (exact) mass is 192 g/mol. The Balaban J connectivity index is 2.00. The van der Waals surface area contributed by atoms with E-state index < -0.39 is 0 Å². The van der Waals surface area contributed by atoms with E-state index in [1.54, 1.807) is 0 Å². The van der Waals surface area contributed by atoms with Crippen molar-refractivity contribution in [2.24, 2.45) is 28.4 Å². The number of nitrogens with one attached hydrogen (secondary N) is 1. The molecular formula is C12H20N2. The average molecular weight is 192 g/mol. The second kappa shape index (κ2) is 2.34. The molecule has 0 radical (unpaired) electrons. The lowest BCUT2D eigenvalue weighted by Gasteiger charge is -2.60. The van der Waals surface area contributed by atoms with Gasteiger partial charge in [0.05, 0.1) is 5.84 Å². The Morgan fingerprint density at radius 2 is 1.79 bits per heavy atom. The Bertz CT molecular complexity index is 281. The zero-order valence-electron chi connectivity index (χ0n) is 8.97. The van der Waals surface area contributed by atoms with Crippen LogP contribution in [0.25, 0.3) is 0 Å². The van der Waals surface area contributed by atoms with Gasteiger partial charge in [-0.15, -0.1) is 0 Å². The summed E-state index contributed by atoms with van der Waals surface area (Å²) in [6.07, 6.45) is 7.85. The summed E-state index contributed by atoms with van der Waals surface area (Å²) in [6, 6.07) is 0. The first-order valence-electron chi connectivity index (χ1n) is 5.86. The molecule has 2 atom stereocenters. The second-order valence-electron chi connectivity index (χ2n) is 6.47. The fourth-order valence-electron chi connectivity index (χ4n) is 5.04. The van der Waals surface area contributed by atoms with Crippen LogP contribution in [-0.4, -0.2) is 5.84 Å². The minimum atomic E-state index is 0.124. The van der Waals surface area contributed by atoms with Crippen molar-refractivity contribution in [2.75, 3.05) is 0 Å². The molecule has 4 saturated carbocycles. The maximum absolute atomic E-state index is 7.84. The SMILES string of the molecule is CC12CC3CC(C1)CC(C(=N)N)(C3)C2. The van der Waals surface area contributed by atoms with Crippen molar-refractivity contribution in [1.29, 1.82) is 5.41 Å². The highest BCUT2D eigenvalue weighted by atomic mass is 14.8. The third-order valence-electron chi connectivity index (χ3n) is 4.92. The lowest BCUT2D eigenvalue weighted by Crippen LogP contribution is -2.55. The minimum Gasteiger partial charge on any atom is -0.387 e. The normalized spacial score (nSPS) is 54.9. The first-order valence-corrected chi connectivity index (χ1v) is 5.86. The number of hydrogen-bond acceptors (Lipinski definition) is 1. The summed E-state index contributed by atoms with van der Waals surface area (Å²) in [4.78, 5) is 0. The molecule has 0 amide bonds. The molecule has 14 heavy (non-hydrogen) atoms. The Labute approximate surface area is 85.8 Å². The molecule has 2 nitrogen and oxygen atoms in total. The molecule has 4 rings (SSSR count). The molecule has 0 aromatic heterocycles. The number of rotatable bonds is 1. The first-order chi connectivity index (χ1) is 6.51. The summed E-state index contributed by atoms with van der Waals surface area (Å²) in [7, 11) is 0. The highest BCUT2D eigenvalue weighted by molar-refractivity contribution is 5.84. The number of hydrogen-bond donors (Lipinski definition) is 2. The molecule has 4 fully saturated rings. The van der Waals surface area contributed by atoms with Crippen LogP contribution in [0.3, 0.4) is 0 Å². The van der Waals surface area contributed by atoms with Crippen LogP contribution in [0.5, 0.6) is 0 Å². The molecule has 4 aliphatic rings. The summed E-state index contributed by atoms with van der Waals surface area (Å²) in [5.74, 6) is 2.24. The van der Waals surface area contributed by atoms with Gasteiger partial charge >= 0.3 is 0 Å². The molecule has 4 aliphatic carbocycles. The first kappa shape index (κ1) is 8.75. The van der Waals surface area contributed by atoms with Gasteiger partial charge in [-0.25, -0.2) is 0 Å². The molecule has 3 N–H and O–H groups in total. The van der Waals surface area contributed by atoms with Gasteiger partial charge in [-0.3, -0.25) is 5.41 Å². The van der Waals surface area contributed by atoms with Crippen molar-refractivity contribution in [2.45, 2.75) is 45.4 Å². The van der Waals surface area contributed by atoms with Crippen molar-refractivity contribution < 1.29 is 0 Å². The van der Waals surface area contributed by atoms with Crippen LogP contribution in [0.2, 0.25) is 0 Å². The van der Waals surface area contributed by atoms with Gasteiger partial charge in [-0.2, -0.15) is 0 Å². The molecule has 0 aromatic carbocycles. The highest BCUT2D eigenvalue weighted by Gasteiger charge is 2.56. The third kappa shape index (κ3) is 0.999.